The van der Waals surface area contributed by atoms with Crippen molar-refractivity contribution < 1.29 is 17.8 Å². The second kappa shape index (κ2) is 7.30. The van der Waals surface area contributed by atoms with Crippen LogP contribution in [0.1, 0.15) is 19.1 Å². The molecule has 4 nitrogen and oxygen atoms in total. The Morgan fingerprint density at radius 3 is 2.88 bits per heavy atom. The van der Waals surface area contributed by atoms with Crippen LogP contribution < -0.4 is 0 Å². The summed E-state index contributed by atoms with van der Waals surface area (Å²) in [6, 6.07) is 9.97. The first-order valence-electron chi connectivity index (χ1n) is 8.02. The molecule has 0 N–H and O–H groups in total. The largest absolute Gasteiger partial charge is 0.461 e. The summed E-state index contributed by atoms with van der Waals surface area (Å²) in [6.07, 6.45) is 0.806. The van der Waals surface area contributed by atoms with Crippen molar-refractivity contribution in [1.82, 2.24) is 4.90 Å². The minimum Gasteiger partial charge on any atom is -0.461 e. The first-order chi connectivity index (χ1) is 11.5. The van der Waals surface area contributed by atoms with Crippen molar-refractivity contribution in [3.8, 4) is 11.3 Å². The van der Waals surface area contributed by atoms with Crippen molar-refractivity contribution in [2.45, 2.75) is 25.8 Å². The van der Waals surface area contributed by atoms with Gasteiger partial charge in [0.1, 0.15) is 17.3 Å². The topological polar surface area (TPSA) is 50.5 Å². The molecule has 2 aromatic rings. The Labute approximate surface area is 143 Å². The molecule has 24 heavy (non-hydrogen) atoms. The highest BCUT2D eigenvalue weighted by molar-refractivity contribution is 7.85. The molecular weight excluding hydrogens is 329 g/mol. The van der Waals surface area contributed by atoms with Gasteiger partial charge >= 0.3 is 0 Å². The van der Waals surface area contributed by atoms with Gasteiger partial charge in [0.25, 0.3) is 0 Å². The van der Waals surface area contributed by atoms with Crippen LogP contribution in [0.3, 0.4) is 0 Å². The molecule has 0 aliphatic carbocycles. The lowest BCUT2D eigenvalue weighted by Crippen LogP contribution is -2.48. The van der Waals surface area contributed by atoms with E-state index >= 15 is 0 Å². The lowest BCUT2D eigenvalue weighted by atomic mass is 10.1. The maximum atomic E-state index is 13.8. The van der Waals surface area contributed by atoms with Crippen molar-refractivity contribution in [3.63, 3.8) is 0 Å². The molecule has 1 fully saturated rings. The summed E-state index contributed by atoms with van der Waals surface area (Å²) in [5.74, 6) is 1.94. The molecule has 2 atom stereocenters. The molecular formula is C18H20FNO3S. The minimum atomic E-state index is -0.816. The Hall–Kier alpha value is -1.95. The molecule has 0 saturated carbocycles. The molecule has 128 valence electrons. The van der Waals surface area contributed by atoms with Crippen molar-refractivity contribution in [1.29, 1.82) is 0 Å². The highest BCUT2D eigenvalue weighted by Gasteiger charge is 2.26. The van der Waals surface area contributed by atoms with E-state index in [4.69, 9.17) is 4.42 Å². The third-order valence-electron chi connectivity index (χ3n) is 4.23. The van der Waals surface area contributed by atoms with Gasteiger partial charge < -0.3 is 9.32 Å². The van der Waals surface area contributed by atoms with Gasteiger partial charge in [-0.1, -0.05) is 12.1 Å². The van der Waals surface area contributed by atoms with Crippen LogP contribution in [0.5, 0.6) is 0 Å². The predicted octanol–water partition coefficient (Wildman–Crippen LogP) is 3.00. The van der Waals surface area contributed by atoms with E-state index in [0.717, 1.165) is 0 Å². The van der Waals surface area contributed by atoms with Gasteiger partial charge in [-0.15, -0.1) is 0 Å². The van der Waals surface area contributed by atoms with Crippen LogP contribution in [0, 0.1) is 5.82 Å². The Morgan fingerprint density at radius 2 is 2.12 bits per heavy atom. The minimum absolute atomic E-state index is 0.0117. The Kier molecular flexibility index (Phi) is 5.14. The lowest BCUT2D eigenvalue weighted by molar-refractivity contribution is -0.132. The molecule has 0 spiro atoms. The molecule has 1 aliphatic heterocycles. The Morgan fingerprint density at radius 1 is 1.33 bits per heavy atom. The SMILES string of the molecule is C[C@H]1C[S@](=O)CCN1C(=O)CCc1ccc(-c2ccccc2F)o1. The average Bonchev–Trinajstić information content (AvgIpc) is 3.02. The normalized spacial score (nSPS) is 21.0. The summed E-state index contributed by atoms with van der Waals surface area (Å²) >= 11 is 0. The van der Waals surface area contributed by atoms with E-state index in [1.165, 1.54) is 6.07 Å². The van der Waals surface area contributed by atoms with Crippen LogP contribution >= 0.6 is 0 Å². The van der Waals surface area contributed by atoms with Gasteiger partial charge in [0, 0.05) is 47.7 Å². The second-order valence-electron chi connectivity index (χ2n) is 5.99. The van der Waals surface area contributed by atoms with Crippen molar-refractivity contribution in [3.05, 3.63) is 48.0 Å². The molecule has 0 unspecified atom stereocenters. The van der Waals surface area contributed by atoms with Gasteiger partial charge in [-0.3, -0.25) is 9.00 Å². The summed E-state index contributed by atoms with van der Waals surface area (Å²) in [4.78, 5) is 14.1. The van der Waals surface area contributed by atoms with Gasteiger partial charge in [0.15, 0.2) is 0 Å². The average molecular weight is 349 g/mol. The molecule has 6 heteroatoms. The Balaban J connectivity index is 1.60. The number of nitrogens with zero attached hydrogens (tertiary/aromatic N) is 1. The zero-order valence-corrected chi connectivity index (χ0v) is 14.4. The third-order valence-corrected chi connectivity index (χ3v) is 5.72. The van der Waals surface area contributed by atoms with Gasteiger partial charge in [-0.25, -0.2) is 4.39 Å². The quantitative estimate of drug-likeness (QED) is 0.853. The summed E-state index contributed by atoms with van der Waals surface area (Å²) in [5, 5.41) is 0. The van der Waals surface area contributed by atoms with Crippen LogP contribution in [-0.2, 0) is 22.0 Å². The fraction of sp³-hybridized carbons (Fsp3) is 0.389. The van der Waals surface area contributed by atoms with Gasteiger partial charge in [-0.05, 0) is 31.2 Å². The van der Waals surface area contributed by atoms with Crippen LogP contribution in [0.4, 0.5) is 4.39 Å². The molecule has 2 heterocycles. The highest BCUT2D eigenvalue weighted by Crippen LogP contribution is 2.25. The Bertz CT molecular complexity index is 758. The number of rotatable bonds is 4. The highest BCUT2D eigenvalue weighted by atomic mass is 32.2. The van der Waals surface area contributed by atoms with Gasteiger partial charge in [-0.2, -0.15) is 0 Å². The van der Waals surface area contributed by atoms with Crippen LogP contribution in [0.2, 0.25) is 0 Å². The molecule has 1 saturated heterocycles. The zero-order chi connectivity index (χ0) is 17.1. The van der Waals surface area contributed by atoms with Gasteiger partial charge in [0.05, 0.1) is 5.56 Å². The van der Waals surface area contributed by atoms with E-state index in [-0.39, 0.29) is 17.8 Å². The number of furan rings is 1. The third kappa shape index (κ3) is 3.75. The number of carbonyl (C=O) groups excluding carboxylic acids is 1. The van der Waals surface area contributed by atoms with Crippen LogP contribution in [-0.4, -0.2) is 39.1 Å². The number of halogens is 1. The summed E-state index contributed by atoms with van der Waals surface area (Å²) < 4.78 is 31.0. The van der Waals surface area contributed by atoms with E-state index in [2.05, 4.69) is 0 Å². The monoisotopic (exact) mass is 349 g/mol. The summed E-state index contributed by atoms with van der Waals surface area (Å²) in [6.45, 7) is 2.48. The second-order valence-corrected chi connectivity index (χ2v) is 7.61. The molecule has 1 aromatic carbocycles. The van der Waals surface area contributed by atoms with Crippen molar-refractivity contribution in [2.24, 2.45) is 0 Å². The lowest BCUT2D eigenvalue weighted by Gasteiger charge is -2.32. The molecule has 1 amide bonds. The van der Waals surface area contributed by atoms with E-state index in [1.807, 2.05) is 6.92 Å². The fourth-order valence-corrected chi connectivity index (χ4v) is 4.21. The molecule has 0 bridgehead atoms. The summed E-state index contributed by atoms with van der Waals surface area (Å²) in [5.41, 5.74) is 0.419. The van der Waals surface area contributed by atoms with Gasteiger partial charge in [0.2, 0.25) is 5.91 Å². The fourth-order valence-electron chi connectivity index (χ4n) is 2.93. The first kappa shape index (κ1) is 16.9. The molecule has 0 radical (unpaired) electrons. The maximum absolute atomic E-state index is 13.8. The summed E-state index contributed by atoms with van der Waals surface area (Å²) in [7, 11) is -0.816. The number of hydrogen-bond donors (Lipinski definition) is 0. The number of hydrogen-bond acceptors (Lipinski definition) is 3. The van der Waals surface area contributed by atoms with Crippen molar-refractivity contribution in [2.75, 3.05) is 18.1 Å². The molecule has 1 aliphatic rings. The molecule has 1 aromatic heterocycles. The van der Waals surface area contributed by atoms with E-state index in [0.29, 0.717) is 48.0 Å². The smallest absolute Gasteiger partial charge is 0.223 e. The van der Waals surface area contributed by atoms with Crippen LogP contribution in [0.25, 0.3) is 11.3 Å². The standard InChI is InChI=1S/C18H20FNO3S/c1-13-12-24(22)11-10-20(13)18(21)9-7-14-6-8-17(23-14)15-4-2-3-5-16(15)19/h2-6,8,13H,7,9-12H2,1H3/t13-,24+/m0/s1. The van der Waals surface area contributed by atoms with E-state index in [9.17, 15) is 13.4 Å². The number of benzene rings is 1. The van der Waals surface area contributed by atoms with Crippen molar-refractivity contribution >= 4 is 16.7 Å². The van der Waals surface area contributed by atoms with E-state index in [1.54, 1.807) is 35.2 Å². The first-order valence-corrected chi connectivity index (χ1v) is 9.51. The number of aryl methyl sites for hydroxylation is 1. The number of carbonyl (C=O) groups is 1. The maximum Gasteiger partial charge on any atom is 0.223 e. The van der Waals surface area contributed by atoms with Crippen LogP contribution in [0.15, 0.2) is 40.8 Å². The number of amides is 1. The van der Waals surface area contributed by atoms with E-state index < -0.39 is 10.8 Å². The molecule has 3 rings (SSSR count). The predicted molar refractivity (Wildman–Crippen MR) is 91.5 cm³/mol. The zero-order valence-electron chi connectivity index (χ0n) is 13.5.